The van der Waals surface area contributed by atoms with Crippen LogP contribution in [0.4, 0.5) is 0 Å². The summed E-state index contributed by atoms with van der Waals surface area (Å²) in [7, 11) is 0. The van der Waals surface area contributed by atoms with Crippen molar-refractivity contribution in [3.05, 3.63) is 20.8 Å². The molecule has 2 nitrogen and oxygen atoms in total. The zero-order chi connectivity index (χ0) is 7.56. The van der Waals surface area contributed by atoms with Gasteiger partial charge in [0.15, 0.2) is 0 Å². The molecule has 2 N–H and O–H groups in total. The van der Waals surface area contributed by atoms with E-state index in [9.17, 15) is 0 Å². The molecule has 0 aliphatic heterocycles. The van der Waals surface area contributed by atoms with Crippen molar-refractivity contribution in [3.63, 3.8) is 0 Å². The number of nitrogens with zero attached hydrogens (tertiary/aromatic N) is 1. The van der Waals surface area contributed by atoms with Crippen molar-refractivity contribution in [2.75, 3.05) is 0 Å². The normalized spacial score (nSPS) is 11.4. The molecule has 0 amide bonds. The summed E-state index contributed by atoms with van der Waals surface area (Å²) in [5, 5.41) is 10.3. The number of halogens is 2. The Morgan fingerprint density at radius 1 is 1.73 bits per heavy atom. The smallest absolute Gasteiger partial charge is 0.128 e. The molecule has 5 heteroatoms. The molecule has 0 radical (unpaired) electrons. The molecule has 0 fully saturated rings. The van der Waals surface area contributed by atoms with Crippen molar-refractivity contribution in [2.24, 2.45) is 5.73 Å². The molecule has 0 bridgehead atoms. The van der Waals surface area contributed by atoms with Crippen molar-refractivity contribution in [1.82, 2.24) is 0 Å². The number of hydrogen-bond donors (Lipinski definition) is 1. The van der Waals surface area contributed by atoms with Crippen LogP contribution in [-0.4, -0.2) is 0 Å². The summed E-state index contributed by atoms with van der Waals surface area (Å²) in [6.07, 6.45) is 0. The van der Waals surface area contributed by atoms with Gasteiger partial charge in [-0.3, -0.25) is 0 Å². The highest BCUT2D eigenvalue weighted by molar-refractivity contribution is 9.10. The van der Waals surface area contributed by atoms with E-state index in [4.69, 9.17) is 11.0 Å². The van der Waals surface area contributed by atoms with Crippen molar-refractivity contribution in [1.29, 1.82) is 5.26 Å². The fourth-order valence-electron chi connectivity index (χ4n) is 0.555. The van der Waals surface area contributed by atoms with Crippen molar-refractivity contribution in [2.45, 2.75) is 6.04 Å². The highest BCUT2D eigenvalue weighted by atomic mass is 79.9. The molecule has 1 aromatic heterocycles. The van der Waals surface area contributed by atoms with E-state index in [0.29, 0.717) is 0 Å². The van der Waals surface area contributed by atoms with Gasteiger partial charge in [-0.05, 0) is 22.0 Å². The third-order valence-electron chi connectivity index (χ3n) is 1.03. The van der Waals surface area contributed by atoms with Crippen LogP contribution in [-0.2, 0) is 0 Å². The Morgan fingerprint density at radius 3 is 2.73 bits per heavy atom. The number of nitrogens with two attached hydrogens (primary N) is 1. The summed E-state index contributed by atoms with van der Waals surface area (Å²) in [4.78, 5) is 0.898. The van der Waals surface area contributed by atoms with Crippen LogP contribution >= 0.6 is 39.7 Å². The topological polar surface area (TPSA) is 49.8 Å². The van der Waals surface area contributed by atoms with Gasteiger partial charge >= 0.3 is 0 Å². The first-order chi connectivity index (χ1) is 4.74. The molecule has 0 aliphatic rings. The zero-order valence-corrected chi connectivity index (χ0v) is 8.67. The summed E-state index contributed by atoms with van der Waals surface area (Å²) in [6, 6.07) is 3.35. The monoisotopic (exact) mass is 252 g/mol. The molecule has 1 unspecified atom stereocenters. The van der Waals surface area contributed by atoms with Crippen LogP contribution in [0.25, 0.3) is 0 Å². The molecule has 11 heavy (non-hydrogen) atoms. The lowest BCUT2D eigenvalue weighted by Gasteiger charge is -1.93. The van der Waals surface area contributed by atoms with Gasteiger partial charge in [-0.2, -0.15) is 5.26 Å². The first kappa shape index (κ1) is 10.9. The molecule has 0 aromatic carbocycles. The molecule has 1 heterocycles. The maximum absolute atomic E-state index is 8.41. The minimum absolute atomic E-state index is 0. The lowest BCUT2D eigenvalue weighted by Crippen LogP contribution is -2.04. The number of thiophene rings is 1. The fraction of sp³-hybridized carbons (Fsp3) is 0.167. The number of hydrogen-bond acceptors (Lipinski definition) is 3. The van der Waals surface area contributed by atoms with Gasteiger partial charge in [0.05, 0.1) is 6.07 Å². The van der Waals surface area contributed by atoms with E-state index >= 15 is 0 Å². The molecule has 0 saturated carbocycles. The van der Waals surface area contributed by atoms with E-state index in [-0.39, 0.29) is 12.4 Å². The fourth-order valence-corrected chi connectivity index (χ4v) is 1.94. The SMILES string of the molecule is Cl.N#CC(N)c1cc(Br)cs1. The summed E-state index contributed by atoms with van der Waals surface area (Å²) < 4.78 is 0.984. The number of rotatable bonds is 1. The average molecular weight is 254 g/mol. The number of nitriles is 1. The Hall–Kier alpha value is -0.0800. The molecule has 1 aromatic rings. The van der Waals surface area contributed by atoms with Crippen molar-refractivity contribution >= 4 is 39.7 Å². The van der Waals surface area contributed by atoms with Crippen LogP contribution in [0.3, 0.4) is 0 Å². The predicted octanol–water partition coefficient (Wildman–Crippen LogP) is 2.46. The van der Waals surface area contributed by atoms with Gasteiger partial charge in [-0.25, -0.2) is 0 Å². The molecule has 1 atom stereocenters. The maximum atomic E-state index is 8.41. The molecule has 0 saturated heterocycles. The van der Waals surface area contributed by atoms with Gasteiger partial charge in [0.2, 0.25) is 0 Å². The second-order valence-electron chi connectivity index (χ2n) is 1.77. The molecule has 1 rings (SSSR count). The largest absolute Gasteiger partial charge is 0.312 e. The Morgan fingerprint density at radius 2 is 2.36 bits per heavy atom. The highest BCUT2D eigenvalue weighted by Gasteiger charge is 2.05. The van der Waals surface area contributed by atoms with Gasteiger partial charge in [0, 0.05) is 14.7 Å². The predicted molar refractivity (Wildman–Crippen MR) is 51.8 cm³/mol. The second kappa shape index (κ2) is 4.73. The van der Waals surface area contributed by atoms with E-state index < -0.39 is 6.04 Å². The summed E-state index contributed by atoms with van der Waals surface area (Å²) in [5.41, 5.74) is 5.44. The zero-order valence-electron chi connectivity index (χ0n) is 5.45. The Bertz CT molecular complexity index is 268. The molecule has 60 valence electrons. The van der Waals surface area contributed by atoms with Gasteiger partial charge in [0.1, 0.15) is 6.04 Å². The summed E-state index contributed by atoms with van der Waals surface area (Å²) >= 11 is 4.76. The molecule has 0 aliphatic carbocycles. The molecular weight excluding hydrogens is 248 g/mol. The van der Waals surface area contributed by atoms with Crippen LogP contribution < -0.4 is 5.73 Å². The van der Waals surface area contributed by atoms with Gasteiger partial charge < -0.3 is 5.73 Å². The third kappa shape index (κ3) is 2.80. The first-order valence-corrected chi connectivity index (χ1v) is 4.30. The summed E-state index contributed by atoms with van der Waals surface area (Å²) in [6.45, 7) is 0. The summed E-state index contributed by atoms with van der Waals surface area (Å²) in [5.74, 6) is 0. The van der Waals surface area contributed by atoms with Crippen molar-refractivity contribution < 1.29 is 0 Å². The van der Waals surface area contributed by atoms with Crippen LogP contribution in [0.2, 0.25) is 0 Å². The Labute approximate surface area is 83.6 Å². The van der Waals surface area contributed by atoms with Gasteiger partial charge in [0.25, 0.3) is 0 Å². The lowest BCUT2D eigenvalue weighted by molar-refractivity contribution is 0.951. The van der Waals surface area contributed by atoms with Crippen molar-refractivity contribution in [3.8, 4) is 6.07 Å². The standard InChI is InChI=1S/C6H5BrN2S.ClH/c7-4-1-6(10-3-4)5(9)2-8;/h1,3,5H,9H2;1H. The highest BCUT2D eigenvalue weighted by Crippen LogP contribution is 2.23. The maximum Gasteiger partial charge on any atom is 0.128 e. The van der Waals surface area contributed by atoms with E-state index in [1.54, 1.807) is 0 Å². The van der Waals surface area contributed by atoms with E-state index in [1.807, 2.05) is 17.5 Å². The van der Waals surface area contributed by atoms with Crippen LogP contribution in [0.15, 0.2) is 15.9 Å². The minimum atomic E-state index is -0.476. The Kier molecular flexibility index (Phi) is 4.69. The van der Waals surface area contributed by atoms with E-state index in [0.717, 1.165) is 9.35 Å². The second-order valence-corrected chi connectivity index (χ2v) is 3.63. The first-order valence-electron chi connectivity index (χ1n) is 2.63. The third-order valence-corrected chi connectivity index (χ3v) is 2.81. The van der Waals surface area contributed by atoms with E-state index in [2.05, 4.69) is 15.9 Å². The van der Waals surface area contributed by atoms with Gasteiger partial charge in [-0.15, -0.1) is 23.7 Å². The van der Waals surface area contributed by atoms with Crippen LogP contribution in [0, 0.1) is 11.3 Å². The van der Waals surface area contributed by atoms with E-state index in [1.165, 1.54) is 11.3 Å². The average Bonchev–Trinajstić information content (AvgIpc) is 2.34. The lowest BCUT2D eigenvalue weighted by atomic mass is 10.3. The molecular formula is C6H6BrClN2S. The quantitative estimate of drug-likeness (QED) is 0.836. The van der Waals surface area contributed by atoms with Crippen LogP contribution in [0.1, 0.15) is 10.9 Å². The van der Waals surface area contributed by atoms with Gasteiger partial charge in [-0.1, -0.05) is 0 Å². The van der Waals surface area contributed by atoms with Crippen LogP contribution in [0.5, 0.6) is 0 Å². The minimum Gasteiger partial charge on any atom is -0.312 e. The Balaban J connectivity index is 0.000001000. The molecule has 0 spiro atoms.